The van der Waals surface area contributed by atoms with Crippen LogP contribution in [0.3, 0.4) is 0 Å². The molecule has 0 N–H and O–H groups in total. The number of fused-ring (bicyclic) bond motifs is 2. The van der Waals surface area contributed by atoms with Crippen molar-refractivity contribution in [1.29, 1.82) is 0 Å². The monoisotopic (exact) mass is 406 g/mol. The number of pyridine rings is 2. The molecule has 0 bridgehead atoms. The summed E-state index contributed by atoms with van der Waals surface area (Å²) in [5.41, 5.74) is 7.55. The number of imidazole rings is 1. The van der Waals surface area contributed by atoms with Gasteiger partial charge in [0, 0.05) is 24.0 Å². The predicted octanol–water partition coefficient (Wildman–Crippen LogP) is 6.82. The van der Waals surface area contributed by atoms with Crippen LogP contribution in [0.5, 0.6) is 0 Å². The Balaban J connectivity index is 1.53. The Morgan fingerprint density at radius 2 is 2.10 bits per heavy atom. The van der Waals surface area contributed by atoms with Crippen LogP contribution in [0.1, 0.15) is 50.2 Å². The standard InChI is InChI=1S/C27H26N4/c1-3-5-14-28-17-19(4-2)22-13-15-31-25(18-29-26(31)16-22)24-12-11-21-7-6-8-23(20-9-10-20)27(21)30-24/h4-8,11-18,20H,3,9-10H2,1-2H3/b14-5+,19-4+,28-17+. The highest BCUT2D eigenvalue weighted by Crippen LogP contribution is 2.42. The number of benzene rings is 1. The molecule has 3 aromatic heterocycles. The minimum atomic E-state index is 0.671. The Labute approximate surface area is 182 Å². The van der Waals surface area contributed by atoms with Gasteiger partial charge in [-0.05, 0) is 67.0 Å². The molecule has 1 aliphatic carbocycles. The van der Waals surface area contributed by atoms with Gasteiger partial charge in [-0.1, -0.05) is 43.3 Å². The smallest absolute Gasteiger partial charge is 0.137 e. The van der Waals surface area contributed by atoms with E-state index in [9.17, 15) is 0 Å². The van der Waals surface area contributed by atoms with Crippen LogP contribution in [-0.2, 0) is 0 Å². The van der Waals surface area contributed by atoms with Crippen molar-refractivity contribution < 1.29 is 0 Å². The van der Waals surface area contributed by atoms with Crippen LogP contribution in [-0.4, -0.2) is 20.6 Å². The molecule has 4 aromatic rings. The molecule has 0 aliphatic heterocycles. The highest BCUT2D eigenvalue weighted by atomic mass is 15.0. The molecule has 0 radical (unpaired) electrons. The average molecular weight is 407 g/mol. The van der Waals surface area contributed by atoms with Gasteiger partial charge < -0.3 is 0 Å². The summed E-state index contributed by atoms with van der Waals surface area (Å²) in [7, 11) is 0. The molecule has 4 heteroatoms. The fourth-order valence-electron chi connectivity index (χ4n) is 3.99. The number of hydrogen-bond donors (Lipinski definition) is 0. The van der Waals surface area contributed by atoms with E-state index in [-0.39, 0.29) is 0 Å². The lowest BCUT2D eigenvalue weighted by Gasteiger charge is -2.08. The molecule has 1 fully saturated rings. The van der Waals surface area contributed by atoms with Gasteiger partial charge in [-0.3, -0.25) is 9.39 Å². The van der Waals surface area contributed by atoms with Crippen molar-refractivity contribution in [2.24, 2.45) is 4.99 Å². The van der Waals surface area contributed by atoms with Crippen molar-refractivity contribution >= 4 is 28.3 Å². The van der Waals surface area contributed by atoms with Crippen LogP contribution in [0.15, 0.2) is 78.2 Å². The lowest BCUT2D eigenvalue weighted by atomic mass is 10.1. The van der Waals surface area contributed by atoms with Crippen molar-refractivity contribution in [1.82, 2.24) is 14.4 Å². The van der Waals surface area contributed by atoms with Gasteiger partial charge in [0.25, 0.3) is 0 Å². The summed E-state index contributed by atoms with van der Waals surface area (Å²) < 4.78 is 2.11. The fraction of sp³-hybridized carbons (Fsp3) is 0.222. The summed E-state index contributed by atoms with van der Waals surface area (Å²) in [6.45, 7) is 4.13. The van der Waals surface area contributed by atoms with Crippen molar-refractivity contribution in [3.05, 3.63) is 84.3 Å². The van der Waals surface area contributed by atoms with Gasteiger partial charge in [0.2, 0.25) is 0 Å². The number of aromatic nitrogens is 3. The zero-order chi connectivity index (χ0) is 21.2. The first-order valence-corrected chi connectivity index (χ1v) is 11.0. The molecule has 1 saturated carbocycles. The largest absolute Gasteiger partial charge is 0.298 e. The van der Waals surface area contributed by atoms with E-state index in [0.29, 0.717) is 5.92 Å². The van der Waals surface area contributed by atoms with Crippen LogP contribution in [0.4, 0.5) is 0 Å². The Morgan fingerprint density at radius 3 is 2.90 bits per heavy atom. The number of nitrogens with zero attached hydrogens (tertiary/aromatic N) is 4. The summed E-state index contributed by atoms with van der Waals surface area (Å²) >= 11 is 0. The molecule has 1 aromatic carbocycles. The van der Waals surface area contributed by atoms with Gasteiger partial charge in [-0.25, -0.2) is 9.97 Å². The van der Waals surface area contributed by atoms with Crippen molar-refractivity contribution in [3.63, 3.8) is 0 Å². The van der Waals surface area contributed by atoms with Crippen molar-refractivity contribution in [3.8, 4) is 11.4 Å². The molecule has 0 atom stereocenters. The van der Waals surface area contributed by atoms with Crippen molar-refractivity contribution in [2.75, 3.05) is 0 Å². The van der Waals surface area contributed by atoms with Crippen molar-refractivity contribution in [2.45, 2.75) is 39.0 Å². The highest BCUT2D eigenvalue weighted by molar-refractivity contribution is 6.10. The van der Waals surface area contributed by atoms with Gasteiger partial charge in [0.1, 0.15) is 5.65 Å². The fourth-order valence-corrected chi connectivity index (χ4v) is 3.99. The van der Waals surface area contributed by atoms with E-state index >= 15 is 0 Å². The van der Waals surface area contributed by atoms with Crippen LogP contribution in [0.25, 0.3) is 33.5 Å². The third-order valence-electron chi connectivity index (χ3n) is 5.83. The zero-order valence-electron chi connectivity index (χ0n) is 18.0. The molecule has 0 unspecified atom stereocenters. The van der Waals surface area contributed by atoms with Gasteiger partial charge in [0.15, 0.2) is 0 Å². The van der Waals surface area contributed by atoms with E-state index in [1.54, 1.807) is 0 Å². The first-order chi connectivity index (χ1) is 15.3. The SMILES string of the molecule is C\C=C(/C=N/C=C/CC)c1ccn2c(-c3ccc4cccc(C5CC5)c4n3)cnc2c1. The Kier molecular flexibility index (Phi) is 5.21. The van der Waals surface area contributed by atoms with E-state index in [1.165, 1.54) is 23.8 Å². The number of aliphatic imine (C=N–C) groups is 1. The third kappa shape index (κ3) is 3.81. The van der Waals surface area contributed by atoms with E-state index in [1.807, 2.05) is 31.6 Å². The minimum Gasteiger partial charge on any atom is -0.298 e. The van der Waals surface area contributed by atoms with E-state index in [2.05, 4.69) is 76.0 Å². The van der Waals surface area contributed by atoms with Crippen LogP contribution < -0.4 is 0 Å². The predicted molar refractivity (Wildman–Crippen MR) is 129 cm³/mol. The van der Waals surface area contributed by atoms with Crippen LogP contribution >= 0.6 is 0 Å². The van der Waals surface area contributed by atoms with E-state index in [4.69, 9.17) is 4.98 Å². The zero-order valence-corrected chi connectivity index (χ0v) is 18.0. The van der Waals surface area contributed by atoms with Crippen LogP contribution in [0, 0.1) is 0 Å². The molecule has 1 aliphatic rings. The molecule has 5 rings (SSSR count). The normalized spacial score (nSPS) is 15.1. The summed E-state index contributed by atoms with van der Waals surface area (Å²) in [4.78, 5) is 14.1. The highest BCUT2D eigenvalue weighted by Gasteiger charge is 2.26. The van der Waals surface area contributed by atoms with E-state index in [0.717, 1.165) is 40.1 Å². The average Bonchev–Trinajstić information content (AvgIpc) is 3.57. The second kappa shape index (κ2) is 8.31. The lowest BCUT2D eigenvalue weighted by molar-refractivity contribution is 1.13. The van der Waals surface area contributed by atoms with Gasteiger partial charge >= 0.3 is 0 Å². The Hall–Kier alpha value is -3.53. The third-order valence-corrected chi connectivity index (χ3v) is 5.83. The second-order valence-corrected chi connectivity index (χ2v) is 7.99. The number of hydrogen-bond acceptors (Lipinski definition) is 3. The number of rotatable bonds is 6. The van der Waals surface area contributed by atoms with Gasteiger partial charge in [-0.15, -0.1) is 0 Å². The molecule has 154 valence electrons. The number of para-hydroxylation sites is 1. The topological polar surface area (TPSA) is 42.5 Å². The molecule has 4 nitrogen and oxygen atoms in total. The lowest BCUT2D eigenvalue weighted by Crippen LogP contribution is -1.94. The second-order valence-electron chi connectivity index (χ2n) is 7.99. The molecule has 31 heavy (non-hydrogen) atoms. The molecular formula is C27H26N4. The minimum absolute atomic E-state index is 0.671. The van der Waals surface area contributed by atoms with Gasteiger partial charge in [-0.2, -0.15) is 0 Å². The summed E-state index contributed by atoms with van der Waals surface area (Å²) in [6.07, 6.45) is 15.4. The number of allylic oxidation sites excluding steroid dienone is 3. The molecule has 0 amide bonds. The molecule has 3 heterocycles. The van der Waals surface area contributed by atoms with E-state index < -0.39 is 0 Å². The Bertz CT molecular complexity index is 1340. The summed E-state index contributed by atoms with van der Waals surface area (Å²) in [6, 6.07) is 15.0. The summed E-state index contributed by atoms with van der Waals surface area (Å²) in [5.74, 6) is 0.671. The first kappa shape index (κ1) is 19.4. The maximum absolute atomic E-state index is 5.06. The van der Waals surface area contributed by atoms with Gasteiger partial charge in [0.05, 0.1) is 23.1 Å². The maximum Gasteiger partial charge on any atom is 0.137 e. The summed E-state index contributed by atoms with van der Waals surface area (Å²) in [5, 5.41) is 1.21. The van der Waals surface area contributed by atoms with Crippen LogP contribution in [0.2, 0.25) is 0 Å². The first-order valence-electron chi connectivity index (χ1n) is 11.0. The Morgan fingerprint density at radius 1 is 1.19 bits per heavy atom. The molecule has 0 saturated heterocycles. The quantitative estimate of drug-likeness (QED) is 0.330. The maximum atomic E-state index is 5.06. The molecule has 0 spiro atoms. The molecular weight excluding hydrogens is 380 g/mol.